The third-order valence-corrected chi connectivity index (χ3v) is 13.4. The van der Waals surface area contributed by atoms with Crippen LogP contribution in [0.15, 0.2) is 23.0 Å². The Kier molecular flexibility index (Phi) is 7.33. The van der Waals surface area contributed by atoms with Crippen LogP contribution in [0.2, 0.25) is 0 Å². The quantitative estimate of drug-likeness (QED) is 0.389. The topological polar surface area (TPSA) is 45.8 Å². The Balaban J connectivity index is 1.02. The molecule has 1 aromatic heterocycles. The number of rotatable bonds is 8. The average molecular weight is 516 g/mol. The summed E-state index contributed by atoms with van der Waals surface area (Å²) >= 11 is 2.20. The molecule has 0 aromatic carbocycles. The van der Waals surface area contributed by atoms with Crippen molar-refractivity contribution in [2.75, 3.05) is 38.6 Å². The minimum atomic E-state index is -0.710. The molecule has 1 aromatic rings. The van der Waals surface area contributed by atoms with Gasteiger partial charge in [-0.15, -0.1) is 0 Å². The van der Waals surface area contributed by atoms with Crippen molar-refractivity contribution in [1.82, 2.24) is 4.90 Å². The molecule has 2 heterocycles. The van der Waals surface area contributed by atoms with E-state index in [1.165, 1.54) is 70.9 Å². The van der Waals surface area contributed by atoms with Crippen LogP contribution in [0.3, 0.4) is 0 Å². The molecule has 0 amide bonds. The second kappa shape index (κ2) is 10.2. The van der Waals surface area contributed by atoms with Gasteiger partial charge < -0.3 is 19.2 Å². The number of likely N-dealkylation sites (tertiary alicyclic amines) is 1. The fourth-order valence-corrected chi connectivity index (χ4v) is 11.1. The van der Waals surface area contributed by atoms with Crippen LogP contribution in [0.4, 0.5) is 0 Å². The van der Waals surface area contributed by atoms with E-state index in [-0.39, 0.29) is 5.41 Å². The molecule has 0 bridgehead atoms. The van der Waals surface area contributed by atoms with Crippen LogP contribution in [0.5, 0.6) is 0 Å². The van der Waals surface area contributed by atoms with Crippen molar-refractivity contribution >= 4 is 11.8 Å². The van der Waals surface area contributed by atoms with Crippen LogP contribution >= 0.6 is 11.8 Å². The molecule has 4 saturated carbocycles. The van der Waals surface area contributed by atoms with Gasteiger partial charge in [-0.2, -0.15) is 11.8 Å². The van der Waals surface area contributed by atoms with Crippen molar-refractivity contribution < 1.29 is 14.3 Å². The maximum Gasteiger partial charge on any atom is 0.0983 e. The first-order chi connectivity index (χ1) is 17.4. The van der Waals surface area contributed by atoms with Crippen molar-refractivity contribution in [3.05, 3.63) is 24.2 Å². The Morgan fingerprint density at radius 3 is 2.67 bits per heavy atom. The second-order valence-corrected chi connectivity index (χ2v) is 14.9. The Hall–Kier alpha value is -0.490. The summed E-state index contributed by atoms with van der Waals surface area (Å²) in [5, 5.41) is 12.8. The third-order valence-electron chi connectivity index (χ3n) is 12.1. The number of ether oxygens (including phenoxy) is 1. The van der Waals surface area contributed by atoms with Gasteiger partial charge in [-0.25, -0.2) is 0 Å². The normalized spacial score (nSPS) is 44.8. The lowest BCUT2D eigenvalue weighted by molar-refractivity contribution is -0.154. The lowest BCUT2D eigenvalue weighted by atomic mass is 9.44. The van der Waals surface area contributed by atoms with Gasteiger partial charge in [0.1, 0.15) is 0 Å². The van der Waals surface area contributed by atoms with Gasteiger partial charge >= 0.3 is 0 Å². The summed E-state index contributed by atoms with van der Waals surface area (Å²) in [5.74, 6) is 4.34. The monoisotopic (exact) mass is 515 g/mol. The van der Waals surface area contributed by atoms with Crippen LogP contribution in [0.1, 0.15) is 90.0 Å². The van der Waals surface area contributed by atoms with Gasteiger partial charge in [0, 0.05) is 28.5 Å². The molecule has 1 N–H and O–H groups in total. The second-order valence-electron chi connectivity index (χ2n) is 13.5. The molecule has 1 unspecified atom stereocenters. The lowest BCUT2D eigenvalue weighted by Crippen LogP contribution is -2.56. The highest BCUT2D eigenvalue weighted by atomic mass is 32.2. The highest BCUT2D eigenvalue weighted by Crippen LogP contribution is 2.70. The minimum Gasteiger partial charge on any atom is -0.472 e. The minimum absolute atomic E-state index is 0.0108. The molecule has 202 valence electrons. The first-order valence-electron chi connectivity index (χ1n) is 15.1. The fourth-order valence-electron chi connectivity index (χ4n) is 9.94. The number of hydrogen-bond donors (Lipinski definition) is 1. The molecule has 8 atom stereocenters. The van der Waals surface area contributed by atoms with Gasteiger partial charge in [0.05, 0.1) is 31.3 Å². The van der Waals surface area contributed by atoms with E-state index < -0.39 is 5.60 Å². The van der Waals surface area contributed by atoms with Crippen LogP contribution in [0, 0.1) is 34.5 Å². The van der Waals surface area contributed by atoms with E-state index >= 15 is 0 Å². The van der Waals surface area contributed by atoms with Crippen molar-refractivity contribution in [1.29, 1.82) is 0 Å². The summed E-state index contributed by atoms with van der Waals surface area (Å²) in [6.45, 7) is 10.6. The van der Waals surface area contributed by atoms with E-state index in [0.29, 0.717) is 11.3 Å². The molecule has 1 aliphatic heterocycles. The SMILES string of the molecule is C[C@]12CC[C@H](SCCOCCN3CCCC3)CC1CC[C@@H]1[C@@H]2CC[C@@]2(C)[C@H]1CC[C@@]2(O)c1ccoc1. The van der Waals surface area contributed by atoms with Gasteiger partial charge in [-0.05, 0) is 119 Å². The van der Waals surface area contributed by atoms with E-state index in [1.54, 1.807) is 12.5 Å². The summed E-state index contributed by atoms with van der Waals surface area (Å²) in [6.07, 6.45) is 17.8. The molecule has 4 aliphatic carbocycles. The van der Waals surface area contributed by atoms with Gasteiger partial charge in [-0.1, -0.05) is 13.8 Å². The molecule has 4 nitrogen and oxygen atoms in total. The smallest absolute Gasteiger partial charge is 0.0983 e. The van der Waals surface area contributed by atoms with Crippen LogP contribution < -0.4 is 0 Å². The predicted molar refractivity (Wildman–Crippen MR) is 147 cm³/mol. The maximum absolute atomic E-state index is 11.9. The summed E-state index contributed by atoms with van der Waals surface area (Å²) in [7, 11) is 0. The molecule has 5 fully saturated rings. The molecule has 0 spiro atoms. The van der Waals surface area contributed by atoms with Crippen molar-refractivity contribution in [2.24, 2.45) is 34.5 Å². The summed E-state index contributed by atoms with van der Waals surface area (Å²) < 4.78 is 11.4. The Morgan fingerprint density at radius 1 is 1.03 bits per heavy atom. The molecule has 1 saturated heterocycles. The number of furan rings is 1. The standard InChI is InChI=1S/C31H49NO3S/c1-29-11-7-25(36-20-19-34-18-16-32-14-3-4-15-32)21-23(29)5-6-26-27(29)8-12-30(2)28(26)9-13-31(30,33)24-10-17-35-22-24/h10,17,22-23,25-28,33H,3-9,11-16,18-21H2,1-2H3/t23?,25-,26+,27-,28-,29-,30-,31+/m0/s1. The van der Waals surface area contributed by atoms with Crippen molar-refractivity contribution in [3.63, 3.8) is 0 Å². The fraction of sp³-hybridized carbons (Fsp3) is 0.871. The largest absolute Gasteiger partial charge is 0.472 e. The van der Waals surface area contributed by atoms with Crippen LogP contribution in [-0.2, 0) is 10.3 Å². The lowest BCUT2D eigenvalue weighted by Gasteiger charge is -2.61. The average Bonchev–Trinajstić information content (AvgIpc) is 3.64. The van der Waals surface area contributed by atoms with Gasteiger partial charge in [0.2, 0.25) is 0 Å². The Labute approximate surface area is 223 Å². The molecule has 5 heteroatoms. The molecule has 0 radical (unpaired) electrons. The number of thioether (sulfide) groups is 1. The maximum atomic E-state index is 11.9. The number of fused-ring (bicyclic) bond motifs is 5. The van der Waals surface area contributed by atoms with E-state index in [1.807, 2.05) is 6.07 Å². The van der Waals surface area contributed by atoms with Crippen molar-refractivity contribution in [2.45, 2.75) is 95.3 Å². The van der Waals surface area contributed by atoms with Gasteiger partial charge in [-0.3, -0.25) is 0 Å². The van der Waals surface area contributed by atoms with Crippen LogP contribution in [-0.4, -0.2) is 53.9 Å². The first-order valence-corrected chi connectivity index (χ1v) is 16.2. The highest BCUT2D eigenvalue weighted by Gasteiger charge is 2.65. The zero-order chi connectivity index (χ0) is 24.8. The summed E-state index contributed by atoms with van der Waals surface area (Å²) in [5.41, 5.74) is 0.800. The molecular formula is C31H49NO3S. The number of aliphatic hydroxyl groups is 1. The van der Waals surface area contributed by atoms with E-state index in [9.17, 15) is 5.11 Å². The van der Waals surface area contributed by atoms with Gasteiger partial charge in [0.25, 0.3) is 0 Å². The Morgan fingerprint density at radius 2 is 1.86 bits per heavy atom. The summed E-state index contributed by atoms with van der Waals surface area (Å²) in [4.78, 5) is 2.54. The summed E-state index contributed by atoms with van der Waals surface area (Å²) in [6, 6.07) is 2.01. The molecule has 36 heavy (non-hydrogen) atoms. The van der Waals surface area contributed by atoms with Crippen molar-refractivity contribution in [3.8, 4) is 0 Å². The zero-order valence-corrected chi connectivity index (χ0v) is 23.6. The Bertz CT molecular complexity index is 871. The number of hydrogen-bond acceptors (Lipinski definition) is 5. The first kappa shape index (κ1) is 25.8. The van der Waals surface area contributed by atoms with E-state index in [2.05, 4.69) is 30.5 Å². The third kappa shape index (κ3) is 4.32. The highest BCUT2D eigenvalue weighted by molar-refractivity contribution is 7.99. The van der Waals surface area contributed by atoms with E-state index in [0.717, 1.165) is 66.9 Å². The van der Waals surface area contributed by atoms with Crippen LogP contribution in [0.25, 0.3) is 0 Å². The zero-order valence-electron chi connectivity index (χ0n) is 22.8. The predicted octanol–water partition coefficient (Wildman–Crippen LogP) is 6.72. The molecular weight excluding hydrogens is 466 g/mol. The van der Waals surface area contributed by atoms with Gasteiger partial charge in [0.15, 0.2) is 0 Å². The van der Waals surface area contributed by atoms with E-state index in [4.69, 9.17) is 9.15 Å². The molecule has 5 aliphatic rings. The molecule has 6 rings (SSSR count). The number of nitrogens with zero attached hydrogens (tertiary/aromatic N) is 1.